The molecule has 3 rings (SSSR count). The van der Waals surface area contributed by atoms with Gasteiger partial charge in [-0.1, -0.05) is 18.2 Å². The predicted molar refractivity (Wildman–Crippen MR) is 72.6 cm³/mol. The Morgan fingerprint density at radius 3 is 2.89 bits per heavy atom. The molecule has 19 heavy (non-hydrogen) atoms. The highest BCUT2D eigenvalue weighted by Gasteiger charge is 2.30. The summed E-state index contributed by atoms with van der Waals surface area (Å²) in [6, 6.07) is 7.10. The van der Waals surface area contributed by atoms with Crippen LogP contribution in [0.3, 0.4) is 0 Å². The first-order chi connectivity index (χ1) is 9.25. The van der Waals surface area contributed by atoms with Crippen LogP contribution in [0.15, 0.2) is 36.7 Å². The van der Waals surface area contributed by atoms with E-state index in [1.807, 2.05) is 36.3 Å². The van der Waals surface area contributed by atoms with Gasteiger partial charge in [-0.2, -0.15) is 5.10 Å². The van der Waals surface area contributed by atoms with Crippen molar-refractivity contribution >= 4 is 0 Å². The zero-order valence-electron chi connectivity index (χ0n) is 11.0. The van der Waals surface area contributed by atoms with Crippen molar-refractivity contribution < 1.29 is 4.39 Å². The van der Waals surface area contributed by atoms with Gasteiger partial charge in [-0.05, 0) is 36.1 Å². The molecular weight excluding hydrogens is 241 g/mol. The van der Waals surface area contributed by atoms with Crippen LogP contribution < -0.4 is 5.32 Å². The first-order valence-corrected chi connectivity index (χ1v) is 6.69. The van der Waals surface area contributed by atoms with Crippen molar-refractivity contribution in [2.24, 2.45) is 7.05 Å². The lowest BCUT2D eigenvalue weighted by molar-refractivity contribution is 0.393. The molecule has 0 spiro atoms. The Bertz CT molecular complexity index is 564. The van der Waals surface area contributed by atoms with E-state index in [2.05, 4.69) is 10.4 Å². The van der Waals surface area contributed by atoms with E-state index in [0.717, 1.165) is 25.1 Å². The van der Waals surface area contributed by atoms with Gasteiger partial charge in [0.2, 0.25) is 0 Å². The first-order valence-electron chi connectivity index (χ1n) is 6.69. The van der Waals surface area contributed by atoms with Crippen LogP contribution in [-0.4, -0.2) is 22.9 Å². The molecule has 1 aromatic carbocycles. The van der Waals surface area contributed by atoms with Crippen LogP contribution >= 0.6 is 0 Å². The SMILES string of the molecule is Cn1cc(C2CCNCC2c2ccccc2F)cn1. The van der Waals surface area contributed by atoms with Crippen LogP contribution in [0.2, 0.25) is 0 Å². The molecule has 0 bridgehead atoms. The Kier molecular flexibility index (Phi) is 3.34. The second kappa shape index (κ2) is 5.13. The zero-order chi connectivity index (χ0) is 13.2. The van der Waals surface area contributed by atoms with Crippen molar-refractivity contribution in [1.82, 2.24) is 15.1 Å². The normalized spacial score (nSPS) is 23.5. The summed E-state index contributed by atoms with van der Waals surface area (Å²) in [7, 11) is 1.92. The average Bonchev–Trinajstić information content (AvgIpc) is 2.86. The second-order valence-electron chi connectivity index (χ2n) is 5.17. The van der Waals surface area contributed by atoms with Crippen LogP contribution in [0.1, 0.15) is 29.4 Å². The minimum Gasteiger partial charge on any atom is -0.316 e. The largest absolute Gasteiger partial charge is 0.316 e. The highest BCUT2D eigenvalue weighted by molar-refractivity contribution is 5.29. The molecule has 1 aliphatic rings. The van der Waals surface area contributed by atoms with E-state index in [-0.39, 0.29) is 11.7 Å². The molecule has 1 saturated heterocycles. The molecule has 0 saturated carbocycles. The van der Waals surface area contributed by atoms with E-state index >= 15 is 0 Å². The number of aromatic nitrogens is 2. The van der Waals surface area contributed by atoms with E-state index in [1.54, 1.807) is 12.1 Å². The van der Waals surface area contributed by atoms with Gasteiger partial charge in [0.1, 0.15) is 5.82 Å². The summed E-state index contributed by atoms with van der Waals surface area (Å²) in [4.78, 5) is 0. The fourth-order valence-electron chi connectivity index (χ4n) is 2.99. The Morgan fingerprint density at radius 2 is 2.16 bits per heavy atom. The van der Waals surface area contributed by atoms with Crippen LogP contribution in [-0.2, 0) is 7.05 Å². The monoisotopic (exact) mass is 259 g/mol. The van der Waals surface area contributed by atoms with Gasteiger partial charge in [0.25, 0.3) is 0 Å². The number of aryl methyl sites for hydroxylation is 1. The Morgan fingerprint density at radius 1 is 1.32 bits per heavy atom. The molecule has 0 radical (unpaired) electrons. The van der Waals surface area contributed by atoms with Gasteiger partial charge in [-0.25, -0.2) is 4.39 Å². The number of halogens is 1. The molecule has 2 aromatic rings. The van der Waals surface area contributed by atoms with Gasteiger partial charge in [0.05, 0.1) is 6.20 Å². The Hall–Kier alpha value is -1.68. The summed E-state index contributed by atoms with van der Waals surface area (Å²) < 4.78 is 15.8. The van der Waals surface area contributed by atoms with Gasteiger partial charge >= 0.3 is 0 Å². The lowest BCUT2D eigenvalue weighted by atomic mass is 9.78. The Balaban J connectivity index is 1.96. The van der Waals surface area contributed by atoms with Crippen LogP contribution in [0, 0.1) is 5.82 Å². The third-order valence-corrected chi connectivity index (χ3v) is 3.94. The molecule has 3 nitrogen and oxygen atoms in total. The number of hydrogen-bond acceptors (Lipinski definition) is 2. The molecule has 1 aromatic heterocycles. The highest BCUT2D eigenvalue weighted by Crippen LogP contribution is 2.37. The number of hydrogen-bond donors (Lipinski definition) is 1. The zero-order valence-corrected chi connectivity index (χ0v) is 11.0. The summed E-state index contributed by atoms with van der Waals surface area (Å²) >= 11 is 0. The van der Waals surface area contributed by atoms with Gasteiger partial charge in [-0.15, -0.1) is 0 Å². The lowest BCUT2D eigenvalue weighted by Crippen LogP contribution is -2.34. The maximum absolute atomic E-state index is 14.0. The van der Waals surface area contributed by atoms with Crippen molar-refractivity contribution in [3.8, 4) is 0 Å². The van der Waals surface area contributed by atoms with E-state index in [9.17, 15) is 4.39 Å². The summed E-state index contributed by atoms with van der Waals surface area (Å²) in [6.45, 7) is 1.80. The molecule has 2 unspecified atom stereocenters. The maximum atomic E-state index is 14.0. The molecule has 1 fully saturated rings. The van der Waals surface area contributed by atoms with Crippen LogP contribution in [0.4, 0.5) is 4.39 Å². The third kappa shape index (κ3) is 2.40. The van der Waals surface area contributed by atoms with E-state index in [0.29, 0.717) is 5.92 Å². The second-order valence-corrected chi connectivity index (χ2v) is 5.17. The standard InChI is InChI=1S/C15H18FN3/c1-19-10-11(8-18-19)12-6-7-17-9-14(12)13-4-2-3-5-15(13)16/h2-5,8,10,12,14,17H,6-7,9H2,1H3. The van der Waals surface area contributed by atoms with E-state index < -0.39 is 0 Å². The van der Waals surface area contributed by atoms with Crippen LogP contribution in [0.25, 0.3) is 0 Å². The molecule has 2 atom stereocenters. The quantitative estimate of drug-likeness (QED) is 0.897. The number of benzene rings is 1. The maximum Gasteiger partial charge on any atom is 0.126 e. The number of nitrogens with one attached hydrogen (secondary N) is 1. The molecule has 0 aliphatic carbocycles. The van der Waals surface area contributed by atoms with Crippen molar-refractivity contribution in [1.29, 1.82) is 0 Å². The topological polar surface area (TPSA) is 29.9 Å². The molecule has 1 aliphatic heterocycles. The minimum atomic E-state index is -0.106. The van der Waals surface area contributed by atoms with Crippen molar-refractivity contribution in [2.45, 2.75) is 18.3 Å². The molecule has 1 N–H and O–H groups in total. The number of piperidine rings is 1. The average molecular weight is 259 g/mol. The van der Waals surface area contributed by atoms with Crippen LogP contribution in [0.5, 0.6) is 0 Å². The smallest absolute Gasteiger partial charge is 0.126 e. The summed E-state index contributed by atoms with van der Waals surface area (Å²) in [5, 5.41) is 7.62. The molecule has 4 heteroatoms. The lowest BCUT2D eigenvalue weighted by Gasteiger charge is -2.32. The van der Waals surface area contributed by atoms with Gasteiger partial charge in [0.15, 0.2) is 0 Å². The van der Waals surface area contributed by atoms with Gasteiger partial charge < -0.3 is 5.32 Å². The van der Waals surface area contributed by atoms with Gasteiger partial charge in [0, 0.05) is 25.7 Å². The predicted octanol–water partition coefficient (Wildman–Crippen LogP) is 2.42. The molecule has 100 valence electrons. The number of nitrogens with zero attached hydrogens (tertiary/aromatic N) is 2. The highest BCUT2D eigenvalue weighted by atomic mass is 19.1. The molecule has 2 heterocycles. The minimum absolute atomic E-state index is 0.106. The summed E-state index contributed by atoms with van der Waals surface area (Å²) in [5.74, 6) is 0.413. The number of rotatable bonds is 2. The van der Waals surface area contributed by atoms with Crippen molar-refractivity contribution in [2.75, 3.05) is 13.1 Å². The third-order valence-electron chi connectivity index (χ3n) is 3.94. The fourth-order valence-corrected chi connectivity index (χ4v) is 2.99. The first kappa shape index (κ1) is 12.4. The Labute approximate surface area is 112 Å². The van der Waals surface area contributed by atoms with Crippen molar-refractivity contribution in [3.05, 3.63) is 53.6 Å². The summed E-state index contributed by atoms with van der Waals surface area (Å²) in [5.41, 5.74) is 2.01. The fraction of sp³-hybridized carbons (Fsp3) is 0.400. The molecular formula is C15H18FN3. The van der Waals surface area contributed by atoms with E-state index in [1.165, 1.54) is 5.56 Å². The summed E-state index contributed by atoms with van der Waals surface area (Å²) in [6.07, 6.45) is 4.97. The van der Waals surface area contributed by atoms with Crippen molar-refractivity contribution in [3.63, 3.8) is 0 Å². The van der Waals surface area contributed by atoms with Gasteiger partial charge in [-0.3, -0.25) is 4.68 Å². The van der Waals surface area contributed by atoms with E-state index in [4.69, 9.17) is 0 Å². The molecule has 0 amide bonds.